The highest BCUT2D eigenvalue weighted by Crippen LogP contribution is 2.45. The van der Waals surface area contributed by atoms with Crippen molar-refractivity contribution in [3.8, 4) is 0 Å². The monoisotopic (exact) mass is 564 g/mol. The van der Waals surface area contributed by atoms with E-state index in [-0.39, 0.29) is 60.9 Å². The van der Waals surface area contributed by atoms with Crippen LogP contribution in [0, 0.1) is 24.2 Å². The minimum atomic E-state index is -2.67. The number of aromatic nitrogens is 4. The second kappa shape index (κ2) is 10.5. The number of nitrogens with zero attached hydrogens (tertiary/aromatic N) is 3. The van der Waals surface area contributed by atoms with Crippen LogP contribution in [0.5, 0.6) is 0 Å². The summed E-state index contributed by atoms with van der Waals surface area (Å²) in [5, 5.41) is 13.0. The first-order valence-electron chi connectivity index (χ1n) is 13.4. The molecule has 216 valence electrons. The topological polar surface area (TPSA) is 126 Å². The second-order valence-electron chi connectivity index (χ2n) is 11.8. The summed E-state index contributed by atoms with van der Waals surface area (Å²) in [4.78, 5) is 33.2. The zero-order valence-electron chi connectivity index (χ0n) is 22.4. The van der Waals surface area contributed by atoms with Crippen molar-refractivity contribution >= 4 is 22.8 Å². The number of hydrogen-bond donors (Lipinski definition) is 3. The number of rotatable bonds is 11. The number of nitrogens with one attached hydrogen (secondary N) is 3. The van der Waals surface area contributed by atoms with Crippen LogP contribution in [0.3, 0.4) is 0 Å². The highest BCUT2D eigenvalue weighted by atomic mass is 19.3. The van der Waals surface area contributed by atoms with Gasteiger partial charge >= 0.3 is 0 Å². The number of alkyl halides is 4. The predicted molar refractivity (Wildman–Crippen MR) is 136 cm³/mol. The summed E-state index contributed by atoms with van der Waals surface area (Å²) in [6.45, 7) is 4.37. The first-order chi connectivity index (χ1) is 18.8. The van der Waals surface area contributed by atoms with E-state index in [2.05, 4.69) is 35.5 Å². The first-order valence-corrected chi connectivity index (χ1v) is 13.4. The molecule has 1 aromatic carbocycles. The average Bonchev–Trinajstić information content (AvgIpc) is 3.45. The summed E-state index contributed by atoms with van der Waals surface area (Å²) in [6, 6.07) is 4.27. The Hall–Kier alpha value is -3.51. The zero-order chi connectivity index (χ0) is 28.8. The molecule has 2 aromatic heterocycles. The Balaban J connectivity index is 1.37. The fraction of sp³-hybridized carbons (Fsp3) is 0.593. The number of carbonyl (C=O) groups excluding carboxylic acids is 2. The highest BCUT2D eigenvalue weighted by Gasteiger charge is 2.46. The van der Waals surface area contributed by atoms with E-state index in [9.17, 15) is 27.2 Å². The van der Waals surface area contributed by atoms with Crippen LogP contribution < -0.4 is 10.6 Å². The van der Waals surface area contributed by atoms with Crippen molar-refractivity contribution in [3.63, 3.8) is 0 Å². The third-order valence-electron chi connectivity index (χ3n) is 7.77. The number of hydrogen-bond acceptors (Lipinski definition) is 6. The number of H-pyrrole nitrogens is 1. The van der Waals surface area contributed by atoms with Gasteiger partial charge in [0, 0.05) is 24.7 Å². The molecule has 13 heteroatoms. The van der Waals surface area contributed by atoms with Crippen LogP contribution in [0.1, 0.15) is 92.0 Å². The molecule has 2 aliphatic carbocycles. The lowest BCUT2D eigenvalue weighted by atomic mass is 9.79. The van der Waals surface area contributed by atoms with Crippen molar-refractivity contribution in [3.05, 3.63) is 41.0 Å². The molecule has 2 amide bonds. The van der Waals surface area contributed by atoms with Crippen molar-refractivity contribution in [2.75, 3.05) is 0 Å². The summed E-state index contributed by atoms with van der Waals surface area (Å²) in [6.07, 6.45) is -1.34. The van der Waals surface area contributed by atoms with Crippen LogP contribution in [0.25, 0.3) is 11.0 Å². The van der Waals surface area contributed by atoms with Gasteiger partial charge in [0.05, 0.1) is 23.1 Å². The molecule has 0 bridgehead atoms. The number of imidazole rings is 1. The van der Waals surface area contributed by atoms with Gasteiger partial charge < -0.3 is 15.6 Å². The Morgan fingerprint density at radius 1 is 1.18 bits per heavy atom. The van der Waals surface area contributed by atoms with Gasteiger partial charge in [-0.3, -0.25) is 9.59 Å². The number of fused-ring (bicyclic) bond motifs is 1. The quantitative estimate of drug-likeness (QED) is 0.268. The van der Waals surface area contributed by atoms with Gasteiger partial charge in [-0.2, -0.15) is 0 Å². The molecule has 0 radical (unpaired) electrons. The van der Waals surface area contributed by atoms with Crippen LogP contribution in [0.2, 0.25) is 0 Å². The maximum atomic E-state index is 13.8. The standard InChI is InChI=1S/C27H32F4N6O3/c1-13-21(37-40-36-13)24(39)34-19(12-26(2,3)25(28)29)23-32-17-7-6-16(9-18(17)33-23)22(15-4-5-15)35-20(38)8-14-10-27(30,31)11-14/h6-7,9,14-15,19,22,25H,4-5,8,10-12H2,1-3H3,(H,32,33)(H,34,39)(H,35,38). The number of halogens is 4. The fourth-order valence-corrected chi connectivity index (χ4v) is 5.23. The van der Waals surface area contributed by atoms with Gasteiger partial charge in [-0.25, -0.2) is 27.2 Å². The average molecular weight is 565 g/mol. The maximum Gasteiger partial charge on any atom is 0.276 e. The Morgan fingerprint density at radius 3 is 2.50 bits per heavy atom. The van der Waals surface area contributed by atoms with Crippen molar-refractivity contribution in [1.82, 2.24) is 30.9 Å². The van der Waals surface area contributed by atoms with Gasteiger partial charge in [-0.05, 0) is 60.9 Å². The summed E-state index contributed by atoms with van der Waals surface area (Å²) in [5.41, 5.74) is 0.773. The fourth-order valence-electron chi connectivity index (χ4n) is 5.23. The number of benzene rings is 1. The van der Waals surface area contributed by atoms with E-state index >= 15 is 0 Å². The van der Waals surface area contributed by atoms with Gasteiger partial charge in [0.15, 0.2) is 5.69 Å². The number of aryl methyl sites for hydroxylation is 1. The molecule has 2 saturated carbocycles. The van der Waals surface area contributed by atoms with E-state index in [0.29, 0.717) is 16.9 Å². The van der Waals surface area contributed by atoms with Gasteiger partial charge in [0.25, 0.3) is 5.91 Å². The molecule has 2 unspecified atom stereocenters. The molecular formula is C27H32F4N6O3. The largest absolute Gasteiger partial charge is 0.349 e. The predicted octanol–water partition coefficient (Wildman–Crippen LogP) is 5.41. The van der Waals surface area contributed by atoms with E-state index < -0.39 is 29.7 Å². The summed E-state index contributed by atoms with van der Waals surface area (Å²) >= 11 is 0. The number of amides is 2. The molecule has 40 heavy (non-hydrogen) atoms. The molecule has 5 rings (SSSR count). The molecule has 2 heterocycles. The molecule has 2 atom stereocenters. The third-order valence-corrected chi connectivity index (χ3v) is 7.77. The van der Waals surface area contributed by atoms with E-state index in [1.807, 2.05) is 12.1 Å². The van der Waals surface area contributed by atoms with Crippen LogP contribution >= 0.6 is 0 Å². The number of carbonyl (C=O) groups is 2. The number of aromatic amines is 1. The van der Waals surface area contributed by atoms with Crippen LogP contribution in [0.15, 0.2) is 22.8 Å². The lowest BCUT2D eigenvalue weighted by Crippen LogP contribution is -2.39. The smallest absolute Gasteiger partial charge is 0.276 e. The molecular weight excluding hydrogens is 532 g/mol. The van der Waals surface area contributed by atoms with Crippen LogP contribution in [0.4, 0.5) is 17.6 Å². The van der Waals surface area contributed by atoms with E-state index in [4.69, 9.17) is 0 Å². The second-order valence-corrected chi connectivity index (χ2v) is 11.8. The molecule has 0 spiro atoms. The van der Waals surface area contributed by atoms with Crippen molar-refractivity contribution in [1.29, 1.82) is 0 Å². The van der Waals surface area contributed by atoms with E-state index in [0.717, 1.165) is 18.4 Å². The Kier molecular flexibility index (Phi) is 7.34. The molecule has 9 nitrogen and oxygen atoms in total. The normalized spacial score (nSPS) is 18.9. The Bertz CT molecular complexity index is 1390. The van der Waals surface area contributed by atoms with Gasteiger partial charge in [0.2, 0.25) is 18.3 Å². The van der Waals surface area contributed by atoms with E-state index in [1.54, 1.807) is 13.0 Å². The molecule has 3 N–H and O–H groups in total. The van der Waals surface area contributed by atoms with E-state index in [1.165, 1.54) is 13.8 Å². The van der Waals surface area contributed by atoms with Gasteiger partial charge in [-0.1, -0.05) is 25.1 Å². The minimum Gasteiger partial charge on any atom is -0.349 e. The Morgan fingerprint density at radius 2 is 1.90 bits per heavy atom. The van der Waals surface area contributed by atoms with Crippen molar-refractivity contribution < 1.29 is 31.8 Å². The highest BCUT2D eigenvalue weighted by molar-refractivity contribution is 5.93. The Labute approximate surface area is 227 Å². The van der Waals surface area contributed by atoms with Crippen molar-refractivity contribution in [2.24, 2.45) is 17.3 Å². The molecule has 2 aliphatic rings. The first kappa shape index (κ1) is 28.0. The lowest BCUT2D eigenvalue weighted by Gasteiger charge is -2.34. The zero-order valence-corrected chi connectivity index (χ0v) is 22.4. The third kappa shape index (κ3) is 6.12. The lowest BCUT2D eigenvalue weighted by molar-refractivity contribution is -0.134. The summed E-state index contributed by atoms with van der Waals surface area (Å²) in [5.74, 6) is -3.33. The summed E-state index contributed by atoms with van der Waals surface area (Å²) < 4.78 is 58.6. The molecule has 0 saturated heterocycles. The molecule has 0 aliphatic heterocycles. The van der Waals surface area contributed by atoms with Crippen LogP contribution in [-0.2, 0) is 4.79 Å². The van der Waals surface area contributed by atoms with Crippen LogP contribution in [-0.4, -0.2) is 44.4 Å². The molecule has 2 fully saturated rings. The maximum absolute atomic E-state index is 13.8. The summed E-state index contributed by atoms with van der Waals surface area (Å²) in [7, 11) is 0. The van der Waals surface area contributed by atoms with Gasteiger partial charge in [-0.15, -0.1) is 0 Å². The molecule has 3 aromatic rings. The minimum absolute atomic E-state index is 0.0492. The SMILES string of the molecule is Cc1nonc1C(=O)NC(CC(C)(C)C(F)F)c1nc2ccc(C(NC(=O)CC3CC(F)(F)C3)C3CC3)cc2[nH]1. The van der Waals surface area contributed by atoms with Crippen molar-refractivity contribution in [2.45, 2.75) is 83.7 Å². The van der Waals surface area contributed by atoms with Gasteiger partial charge in [0.1, 0.15) is 11.5 Å².